The van der Waals surface area contributed by atoms with Gasteiger partial charge in [-0.2, -0.15) is 0 Å². The van der Waals surface area contributed by atoms with Crippen LogP contribution in [0.15, 0.2) is 53.1 Å². The lowest BCUT2D eigenvalue weighted by Crippen LogP contribution is -2.51. The first kappa shape index (κ1) is 20.8. The third kappa shape index (κ3) is 3.50. The fourth-order valence-corrected chi connectivity index (χ4v) is 4.77. The van der Waals surface area contributed by atoms with Gasteiger partial charge in [-0.05, 0) is 62.2 Å². The summed E-state index contributed by atoms with van der Waals surface area (Å²) in [6, 6.07) is 15.2. The van der Waals surface area contributed by atoms with E-state index < -0.39 is 5.41 Å². The van der Waals surface area contributed by atoms with Gasteiger partial charge in [0.1, 0.15) is 0 Å². The molecule has 1 saturated heterocycles. The Balaban J connectivity index is 1.13. The summed E-state index contributed by atoms with van der Waals surface area (Å²) in [5.74, 6) is 2.20. The van der Waals surface area contributed by atoms with Gasteiger partial charge in [0.15, 0.2) is 23.0 Å². The maximum Gasteiger partial charge on any atom is 0.235 e. The fourth-order valence-electron chi connectivity index (χ4n) is 4.77. The van der Waals surface area contributed by atoms with E-state index in [9.17, 15) is 9.59 Å². The van der Waals surface area contributed by atoms with E-state index in [-0.39, 0.29) is 18.5 Å². The Hall–Kier alpha value is -3.81. The molecule has 1 amide bonds. The van der Waals surface area contributed by atoms with Crippen molar-refractivity contribution in [2.24, 2.45) is 0 Å². The van der Waals surface area contributed by atoms with Crippen molar-refractivity contribution in [2.45, 2.75) is 25.2 Å². The largest absolute Gasteiger partial charge is 0.454 e. The third-order valence-electron chi connectivity index (χ3n) is 7.02. The van der Waals surface area contributed by atoms with Gasteiger partial charge in [-0.25, -0.2) is 0 Å². The van der Waals surface area contributed by atoms with Gasteiger partial charge >= 0.3 is 0 Å². The molecule has 1 aliphatic carbocycles. The molecule has 174 valence electrons. The molecule has 3 heterocycles. The fraction of sp³-hybridized carbons (Fsp3) is 0.346. The minimum absolute atomic E-state index is 0.0613. The van der Waals surface area contributed by atoms with Gasteiger partial charge in [0.05, 0.1) is 11.1 Å². The SMILES string of the molecule is CC(=O)c1ccc(N2CCN(C(=O)C3(c4cc(-c5ccc6c(c5)OCO6)on4)CC3)CC2)cc1. The number of carbonyl (C=O) groups is 2. The average molecular weight is 460 g/mol. The van der Waals surface area contributed by atoms with E-state index >= 15 is 0 Å². The highest BCUT2D eigenvalue weighted by molar-refractivity contribution is 5.94. The molecule has 34 heavy (non-hydrogen) atoms. The van der Waals surface area contributed by atoms with Crippen molar-refractivity contribution < 1.29 is 23.6 Å². The first-order valence-corrected chi connectivity index (χ1v) is 11.6. The standard InChI is InChI=1S/C26H25N3O5/c1-17(30)18-2-5-20(6-3-18)28-10-12-29(13-11-28)25(31)26(8-9-26)24-15-22(34-27-24)19-4-7-21-23(14-19)33-16-32-21/h2-7,14-15H,8-13,16H2,1H3. The summed E-state index contributed by atoms with van der Waals surface area (Å²) in [7, 11) is 0. The number of piperazine rings is 1. The Labute approximate surface area is 197 Å². The number of Topliss-reactive ketones (excluding diaryl/α,β-unsaturated/α-hetero) is 1. The lowest BCUT2D eigenvalue weighted by Gasteiger charge is -2.37. The van der Waals surface area contributed by atoms with Crippen molar-refractivity contribution >= 4 is 17.4 Å². The summed E-state index contributed by atoms with van der Waals surface area (Å²) in [4.78, 5) is 29.2. The Morgan fingerprint density at radius 3 is 2.35 bits per heavy atom. The van der Waals surface area contributed by atoms with Crippen LogP contribution in [0, 0.1) is 0 Å². The van der Waals surface area contributed by atoms with Crippen LogP contribution >= 0.6 is 0 Å². The number of rotatable bonds is 5. The molecule has 0 unspecified atom stereocenters. The van der Waals surface area contributed by atoms with Crippen LogP contribution in [0.4, 0.5) is 5.69 Å². The second kappa shape index (κ2) is 7.90. The van der Waals surface area contributed by atoms with Crippen LogP contribution < -0.4 is 14.4 Å². The van der Waals surface area contributed by atoms with Crippen LogP contribution in [-0.2, 0) is 10.2 Å². The molecule has 3 aromatic rings. The Morgan fingerprint density at radius 1 is 0.912 bits per heavy atom. The van der Waals surface area contributed by atoms with Crippen LogP contribution in [0.3, 0.4) is 0 Å². The van der Waals surface area contributed by atoms with Gasteiger partial charge in [0.25, 0.3) is 0 Å². The van der Waals surface area contributed by atoms with Gasteiger partial charge in [-0.3, -0.25) is 9.59 Å². The molecular weight excluding hydrogens is 434 g/mol. The highest BCUT2D eigenvalue weighted by atomic mass is 16.7. The molecule has 0 atom stereocenters. The zero-order valence-electron chi connectivity index (χ0n) is 19.0. The summed E-state index contributed by atoms with van der Waals surface area (Å²) in [6.45, 7) is 4.60. The van der Waals surface area contributed by atoms with Crippen molar-refractivity contribution in [1.82, 2.24) is 10.1 Å². The zero-order chi connectivity index (χ0) is 23.3. The normalized spacial score (nSPS) is 18.1. The third-order valence-corrected chi connectivity index (χ3v) is 7.02. The summed E-state index contributed by atoms with van der Waals surface area (Å²) in [5.41, 5.74) is 2.75. The first-order chi connectivity index (χ1) is 16.5. The number of hydrogen-bond donors (Lipinski definition) is 0. The molecule has 8 nitrogen and oxygen atoms in total. The molecule has 8 heteroatoms. The number of anilines is 1. The van der Waals surface area contributed by atoms with Crippen molar-refractivity contribution in [1.29, 1.82) is 0 Å². The number of benzene rings is 2. The second-order valence-electron chi connectivity index (χ2n) is 9.11. The molecule has 1 aromatic heterocycles. The van der Waals surface area contributed by atoms with Gasteiger partial charge in [-0.15, -0.1) is 0 Å². The molecule has 0 radical (unpaired) electrons. The maximum absolute atomic E-state index is 13.5. The number of fused-ring (bicyclic) bond motifs is 1. The Bertz CT molecular complexity index is 1250. The van der Waals surface area contributed by atoms with E-state index in [1.165, 1.54) is 0 Å². The predicted octanol–water partition coefficient (Wildman–Crippen LogP) is 3.65. The second-order valence-corrected chi connectivity index (χ2v) is 9.11. The van der Waals surface area contributed by atoms with E-state index in [0.717, 1.165) is 37.2 Å². The smallest absolute Gasteiger partial charge is 0.235 e. The Morgan fingerprint density at radius 2 is 1.65 bits per heavy atom. The number of ketones is 1. The van der Waals surface area contributed by atoms with Gasteiger partial charge < -0.3 is 23.8 Å². The number of carbonyl (C=O) groups excluding carboxylic acids is 2. The molecule has 0 N–H and O–H groups in total. The van der Waals surface area contributed by atoms with E-state index in [0.29, 0.717) is 41.6 Å². The number of aromatic nitrogens is 1. The molecule has 2 fully saturated rings. The lowest BCUT2D eigenvalue weighted by molar-refractivity contribution is -0.134. The molecule has 2 aromatic carbocycles. The van der Waals surface area contributed by atoms with Crippen molar-refractivity contribution in [2.75, 3.05) is 37.9 Å². The average Bonchev–Trinajstić information content (AvgIpc) is 3.28. The van der Waals surface area contributed by atoms with Gasteiger partial charge in [0, 0.05) is 49.1 Å². The number of hydrogen-bond acceptors (Lipinski definition) is 7. The van der Waals surface area contributed by atoms with Crippen LogP contribution in [0.1, 0.15) is 35.8 Å². The van der Waals surface area contributed by atoms with Crippen molar-refractivity contribution in [3.63, 3.8) is 0 Å². The summed E-state index contributed by atoms with van der Waals surface area (Å²) >= 11 is 0. The van der Waals surface area contributed by atoms with E-state index in [4.69, 9.17) is 14.0 Å². The first-order valence-electron chi connectivity index (χ1n) is 11.6. The lowest BCUT2D eigenvalue weighted by atomic mass is 9.99. The number of ether oxygens (including phenoxy) is 2. The number of amides is 1. The minimum atomic E-state index is -0.580. The topological polar surface area (TPSA) is 85.1 Å². The molecule has 2 aliphatic heterocycles. The van der Waals surface area contributed by atoms with Crippen LogP contribution in [0.5, 0.6) is 11.5 Å². The summed E-state index contributed by atoms with van der Waals surface area (Å²) < 4.78 is 16.5. The predicted molar refractivity (Wildman–Crippen MR) is 124 cm³/mol. The van der Waals surface area contributed by atoms with Crippen molar-refractivity contribution in [3.8, 4) is 22.8 Å². The maximum atomic E-state index is 13.5. The molecule has 1 saturated carbocycles. The van der Waals surface area contributed by atoms with Crippen molar-refractivity contribution in [3.05, 3.63) is 59.8 Å². The number of nitrogens with zero attached hydrogens (tertiary/aromatic N) is 3. The van der Waals surface area contributed by atoms with Crippen LogP contribution in [-0.4, -0.2) is 54.7 Å². The van der Waals surface area contributed by atoms with E-state index in [1.54, 1.807) is 6.92 Å². The quantitative estimate of drug-likeness (QED) is 0.539. The minimum Gasteiger partial charge on any atom is -0.454 e. The summed E-state index contributed by atoms with van der Waals surface area (Å²) in [6.07, 6.45) is 1.57. The van der Waals surface area contributed by atoms with Crippen LogP contribution in [0.25, 0.3) is 11.3 Å². The Kier molecular flexibility index (Phi) is 4.83. The molecule has 0 spiro atoms. The zero-order valence-corrected chi connectivity index (χ0v) is 19.0. The monoisotopic (exact) mass is 459 g/mol. The van der Waals surface area contributed by atoms with Gasteiger partial charge in [0.2, 0.25) is 12.7 Å². The highest BCUT2D eigenvalue weighted by Crippen LogP contribution is 2.50. The molecule has 6 rings (SSSR count). The van der Waals surface area contributed by atoms with Crippen LogP contribution in [0.2, 0.25) is 0 Å². The van der Waals surface area contributed by atoms with E-state index in [1.807, 2.05) is 53.4 Å². The summed E-state index contributed by atoms with van der Waals surface area (Å²) in [5, 5.41) is 4.29. The molecule has 3 aliphatic rings. The van der Waals surface area contributed by atoms with E-state index in [2.05, 4.69) is 10.1 Å². The molecular formula is C26H25N3O5. The van der Waals surface area contributed by atoms with Gasteiger partial charge in [-0.1, -0.05) is 5.16 Å². The highest BCUT2D eigenvalue weighted by Gasteiger charge is 2.55. The molecule has 0 bridgehead atoms.